The number of non-ortho nitro benzene ring substituents is 1. The second-order valence-electron chi connectivity index (χ2n) is 7.85. The summed E-state index contributed by atoms with van der Waals surface area (Å²) in [7, 11) is 0. The standard InChI is InChI=1S/C24H24FN5O3/c1-3-4-22-23(24(31)29(28-22)18-6-8-19(9-7-18)30(32)33)15(2)26-12-11-16-14-27-21-10-5-17(25)13-20(16)21/h5-10,13-14,27-28H,3-4,11-12H2,1-2H3. The molecule has 0 spiro atoms. The van der Waals surface area contributed by atoms with Gasteiger partial charge in [0.2, 0.25) is 0 Å². The first-order valence-electron chi connectivity index (χ1n) is 10.7. The van der Waals surface area contributed by atoms with Crippen LogP contribution in [0.2, 0.25) is 0 Å². The summed E-state index contributed by atoms with van der Waals surface area (Å²) >= 11 is 0. The van der Waals surface area contributed by atoms with Crippen molar-refractivity contribution in [1.29, 1.82) is 0 Å². The molecule has 2 N–H and O–H groups in total. The van der Waals surface area contributed by atoms with E-state index in [9.17, 15) is 19.3 Å². The topological polar surface area (TPSA) is 109 Å². The molecule has 0 aliphatic heterocycles. The maximum atomic E-state index is 13.6. The minimum absolute atomic E-state index is 0.0396. The van der Waals surface area contributed by atoms with Gasteiger partial charge in [0, 0.05) is 47.2 Å². The number of rotatable bonds is 8. The Bertz CT molecular complexity index is 1400. The number of nitro benzene ring substituents is 1. The van der Waals surface area contributed by atoms with Crippen LogP contribution in [0.3, 0.4) is 0 Å². The van der Waals surface area contributed by atoms with Crippen LogP contribution in [0.25, 0.3) is 16.6 Å². The summed E-state index contributed by atoms with van der Waals surface area (Å²) in [5.41, 5.74) is 3.97. The zero-order valence-corrected chi connectivity index (χ0v) is 18.4. The fourth-order valence-electron chi connectivity index (χ4n) is 3.97. The SMILES string of the molecule is CCCc1[nH]n(-c2ccc([N+](=O)[O-])cc2)c(=O)c1C(C)=NCCc1c[nH]c2ccc(F)cc12. The quantitative estimate of drug-likeness (QED) is 0.231. The van der Waals surface area contributed by atoms with Crippen molar-refractivity contribution in [2.24, 2.45) is 4.99 Å². The molecule has 0 fully saturated rings. The van der Waals surface area contributed by atoms with Crippen molar-refractivity contribution in [3.8, 4) is 5.69 Å². The molecule has 0 unspecified atom stereocenters. The number of hydrogen-bond acceptors (Lipinski definition) is 4. The number of H-pyrrole nitrogens is 2. The number of aliphatic imine (C=N–C) groups is 1. The fraction of sp³-hybridized carbons (Fsp3) is 0.250. The van der Waals surface area contributed by atoms with Gasteiger partial charge < -0.3 is 4.98 Å². The van der Waals surface area contributed by atoms with E-state index >= 15 is 0 Å². The van der Waals surface area contributed by atoms with Gasteiger partial charge >= 0.3 is 0 Å². The Morgan fingerprint density at radius 2 is 1.94 bits per heavy atom. The number of nitrogens with one attached hydrogen (secondary N) is 2. The molecular formula is C24H24FN5O3. The van der Waals surface area contributed by atoms with E-state index in [0.29, 0.717) is 36.3 Å². The van der Waals surface area contributed by atoms with Crippen molar-refractivity contribution < 1.29 is 9.31 Å². The second-order valence-corrected chi connectivity index (χ2v) is 7.85. The van der Waals surface area contributed by atoms with E-state index in [-0.39, 0.29) is 17.1 Å². The first-order chi connectivity index (χ1) is 15.9. The number of nitrogens with zero attached hydrogens (tertiary/aromatic N) is 3. The number of nitro groups is 1. The molecule has 170 valence electrons. The molecule has 9 heteroatoms. The van der Waals surface area contributed by atoms with Gasteiger partial charge in [-0.1, -0.05) is 13.3 Å². The Morgan fingerprint density at radius 1 is 1.18 bits per heavy atom. The summed E-state index contributed by atoms with van der Waals surface area (Å²) in [5.74, 6) is -0.286. The van der Waals surface area contributed by atoms with Crippen molar-refractivity contribution in [2.45, 2.75) is 33.1 Å². The number of halogens is 1. The second kappa shape index (κ2) is 9.23. The van der Waals surface area contributed by atoms with Gasteiger partial charge in [-0.25, -0.2) is 9.07 Å². The molecule has 0 saturated carbocycles. The first kappa shape index (κ1) is 22.2. The monoisotopic (exact) mass is 449 g/mol. The molecule has 2 aromatic heterocycles. The third-order valence-corrected chi connectivity index (χ3v) is 5.61. The maximum absolute atomic E-state index is 13.6. The molecule has 8 nitrogen and oxygen atoms in total. The number of aromatic amines is 2. The molecule has 4 aromatic rings. The summed E-state index contributed by atoms with van der Waals surface area (Å²) in [5, 5.41) is 14.9. The molecule has 0 amide bonds. The highest BCUT2D eigenvalue weighted by atomic mass is 19.1. The molecule has 0 aliphatic carbocycles. The van der Waals surface area contributed by atoms with Gasteiger partial charge in [-0.05, 0) is 55.7 Å². The van der Waals surface area contributed by atoms with E-state index in [2.05, 4.69) is 15.1 Å². The average molecular weight is 449 g/mol. The van der Waals surface area contributed by atoms with E-state index in [0.717, 1.165) is 28.6 Å². The van der Waals surface area contributed by atoms with E-state index in [1.165, 1.54) is 41.1 Å². The Balaban J connectivity index is 1.61. The molecule has 0 aliphatic rings. The van der Waals surface area contributed by atoms with E-state index in [1.54, 1.807) is 13.0 Å². The molecule has 2 aromatic carbocycles. The van der Waals surface area contributed by atoms with Crippen LogP contribution in [-0.4, -0.2) is 31.9 Å². The van der Waals surface area contributed by atoms with Gasteiger partial charge in [-0.15, -0.1) is 0 Å². The Morgan fingerprint density at radius 3 is 2.64 bits per heavy atom. The molecule has 2 heterocycles. The zero-order valence-electron chi connectivity index (χ0n) is 18.4. The van der Waals surface area contributed by atoms with Crippen molar-refractivity contribution >= 4 is 22.3 Å². The van der Waals surface area contributed by atoms with Crippen molar-refractivity contribution in [3.63, 3.8) is 0 Å². The van der Waals surface area contributed by atoms with Gasteiger partial charge in [0.15, 0.2) is 0 Å². The van der Waals surface area contributed by atoms with Crippen LogP contribution in [0.15, 0.2) is 58.4 Å². The highest BCUT2D eigenvalue weighted by molar-refractivity contribution is 5.99. The van der Waals surface area contributed by atoms with Crippen LogP contribution < -0.4 is 5.56 Å². The largest absolute Gasteiger partial charge is 0.361 e. The predicted octanol–water partition coefficient (Wildman–Crippen LogP) is 4.70. The number of aromatic nitrogens is 3. The van der Waals surface area contributed by atoms with Crippen LogP contribution in [0, 0.1) is 15.9 Å². The average Bonchev–Trinajstić information content (AvgIpc) is 3.34. The van der Waals surface area contributed by atoms with Gasteiger partial charge in [0.1, 0.15) is 5.82 Å². The van der Waals surface area contributed by atoms with Crippen LogP contribution in [0.4, 0.5) is 10.1 Å². The lowest BCUT2D eigenvalue weighted by atomic mass is 10.1. The summed E-state index contributed by atoms with van der Waals surface area (Å²) in [6.07, 6.45) is 3.96. The summed E-state index contributed by atoms with van der Waals surface area (Å²) in [6.45, 7) is 4.27. The molecule has 4 rings (SSSR count). The van der Waals surface area contributed by atoms with E-state index in [4.69, 9.17) is 0 Å². The van der Waals surface area contributed by atoms with Crippen LogP contribution in [-0.2, 0) is 12.8 Å². The smallest absolute Gasteiger partial charge is 0.280 e. The van der Waals surface area contributed by atoms with Gasteiger partial charge in [-0.3, -0.25) is 25.0 Å². The van der Waals surface area contributed by atoms with Crippen molar-refractivity contribution in [2.75, 3.05) is 6.54 Å². The van der Waals surface area contributed by atoms with Crippen LogP contribution >= 0.6 is 0 Å². The number of hydrogen-bond donors (Lipinski definition) is 2. The lowest BCUT2D eigenvalue weighted by Gasteiger charge is -2.02. The maximum Gasteiger partial charge on any atom is 0.280 e. The highest BCUT2D eigenvalue weighted by Gasteiger charge is 2.18. The minimum atomic E-state index is -0.478. The number of aryl methyl sites for hydroxylation is 1. The third kappa shape index (κ3) is 4.48. The molecule has 0 bridgehead atoms. The molecule has 0 saturated heterocycles. The number of fused-ring (bicyclic) bond motifs is 1. The third-order valence-electron chi connectivity index (χ3n) is 5.61. The molecular weight excluding hydrogens is 425 g/mol. The Hall–Kier alpha value is -4.01. The number of benzene rings is 2. The van der Waals surface area contributed by atoms with Gasteiger partial charge in [0.05, 0.1) is 16.2 Å². The van der Waals surface area contributed by atoms with E-state index < -0.39 is 4.92 Å². The molecule has 0 radical (unpaired) electrons. The summed E-state index contributed by atoms with van der Waals surface area (Å²) in [6, 6.07) is 10.4. The van der Waals surface area contributed by atoms with Gasteiger partial charge in [-0.2, -0.15) is 0 Å². The predicted molar refractivity (Wildman–Crippen MR) is 126 cm³/mol. The van der Waals surface area contributed by atoms with Crippen molar-refractivity contribution in [3.05, 3.63) is 91.8 Å². The van der Waals surface area contributed by atoms with Crippen LogP contribution in [0.5, 0.6) is 0 Å². The molecule has 33 heavy (non-hydrogen) atoms. The zero-order chi connectivity index (χ0) is 23.5. The Kier molecular flexibility index (Phi) is 6.21. The lowest BCUT2D eigenvalue weighted by Crippen LogP contribution is -2.20. The summed E-state index contributed by atoms with van der Waals surface area (Å²) < 4.78 is 15.0. The van der Waals surface area contributed by atoms with Gasteiger partial charge in [0.25, 0.3) is 11.2 Å². The minimum Gasteiger partial charge on any atom is -0.361 e. The van der Waals surface area contributed by atoms with Crippen LogP contribution in [0.1, 0.15) is 37.1 Å². The van der Waals surface area contributed by atoms with E-state index in [1.807, 2.05) is 13.1 Å². The fourth-order valence-corrected chi connectivity index (χ4v) is 3.97. The first-order valence-corrected chi connectivity index (χ1v) is 10.7. The Labute approximate surface area is 188 Å². The normalized spacial score (nSPS) is 11.9. The highest BCUT2D eigenvalue weighted by Crippen LogP contribution is 2.20. The lowest BCUT2D eigenvalue weighted by molar-refractivity contribution is -0.384. The summed E-state index contributed by atoms with van der Waals surface area (Å²) in [4.78, 5) is 31.4. The van der Waals surface area contributed by atoms with Crippen molar-refractivity contribution in [1.82, 2.24) is 14.8 Å². The molecule has 0 atom stereocenters.